The number of halogens is 1. The van der Waals surface area contributed by atoms with Gasteiger partial charge < -0.3 is 9.72 Å². The minimum atomic E-state index is 0.291. The van der Waals surface area contributed by atoms with Crippen molar-refractivity contribution in [1.29, 1.82) is 0 Å². The molecule has 1 atom stereocenters. The molecule has 0 aliphatic rings. The predicted molar refractivity (Wildman–Crippen MR) is 68.6 cm³/mol. The molecule has 2 aromatic rings. The number of rotatable bonds is 4. The SMILES string of the molecule is C=CCC(C)Nc1nc(Br)cn2ccnc12. The van der Waals surface area contributed by atoms with E-state index < -0.39 is 0 Å². The molecule has 0 saturated carbocycles. The largest absolute Gasteiger partial charge is 0.364 e. The van der Waals surface area contributed by atoms with E-state index in [4.69, 9.17) is 0 Å². The summed E-state index contributed by atoms with van der Waals surface area (Å²) >= 11 is 3.38. The summed E-state index contributed by atoms with van der Waals surface area (Å²) in [5.74, 6) is 0.786. The minimum Gasteiger partial charge on any atom is -0.364 e. The zero-order chi connectivity index (χ0) is 11.5. The molecule has 2 aromatic heterocycles. The fourth-order valence-electron chi connectivity index (χ4n) is 1.54. The van der Waals surface area contributed by atoms with Gasteiger partial charge in [-0.3, -0.25) is 0 Å². The van der Waals surface area contributed by atoms with Crippen LogP contribution in [0.5, 0.6) is 0 Å². The third-order valence-electron chi connectivity index (χ3n) is 2.25. The summed E-state index contributed by atoms with van der Waals surface area (Å²) in [4.78, 5) is 8.65. The number of anilines is 1. The molecule has 1 unspecified atom stereocenters. The Hall–Kier alpha value is -1.36. The molecular formula is C11H13BrN4. The van der Waals surface area contributed by atoms with Crippen LogP contribution >= 0.6 is 15.9 Å². The highest BCUT2D eigenvalue weighted by atomic mass is 79.9. The highest BCUT2D eigenvalue weighted by Crippen LogP contribution is 2.18. The fraction of sp³-hybridized carbons (Fsp3) is 0.273. The number of hydrogen-bond donors (Lipinski definition) is 1. The van der Waals surface area contributed by atoms with E-state index in [9.17, 15) is 0 Å². The molecule has 0 saturated heterocycles. The van der Waals surface area contributed by atoms with Crippen molar-refractivity contribution in [3.63, 3.8) is 0 Å². The zero-order valence-corrected chi connectivity index (χ0v) is 10.6. The van der Waals surface area contributed by atoms with Gasteiger partial charge in [0.2, 0.25) is 0 Å². The van der Waals surface area contributed by atoms with Crippen LogP contribution in [0, 0.1) is 0 Å². The first-order chi connectivity index (χ1) is 7.70. The quantitative estimate of drug-likeness (QED) is 0.876. The second kappa shape index (κ2) is 4.65. The van der Waals surface area contributed by atoms with Gasteiger partial charge in [-0.05, 0) is 29.3 Å². The first kappa shape index (κ1) is 11.1. The van der Waals surface area contributed by atoms with Crippen molar-refractivity contribution in [2.45, 2.75) is 19.4 Å². The van der Waals surface area contributed by atoms with Gasteiger partial charge in [-0.25, -0.2) is 9.97 Å². The predicted octanol–water partition coefficient (Wildman–Crippen LogP) is 2.87. The lowest BCUT2D eigenvalue weighted by atomic mass is 10.2. The van der Waals surface area contributed by atoms with Crippen LogP contribution < -0.4 is 5.32 Å². The Bertz CT molecular complexity index is 506. The summed E-state index contributed by atoms with van der Waals surface area (Å²) < 4.78 is 2.71. The standard InChI is InChI=1S/C11H13BrN4/c1-3-4-8(2)14-10-11-13-5-6-16(11)7-9(12)15-10/h3,5-8H,1,4H2,2H3,(H,14,15). The van der Waals surface area contributed by atoms with Gasteiger partial charge in [0.25, 0.3) is 0 Å². The van der Waals surface area contributed by atoms with E-state index in [1.165, 1.54) is 0 Å². The van der Waals surface area contributed by atoms with E-state index in [2.05, 4.69) is 44.7 Å². The molecule has 5 heteroatoms. The van der Waals surface area contributed by atoms with Crippen molar-refractivity contribution in [3.05, 3.63) is 35.8 Å². The number of hydrogen-bond acceptors (Lipinski definition) is 3. The van der Waals surface area contributed by atoms with Gasteiger partial charge >= 0.3 is 0 Å². The Morgan fingerprint density at radius 3 is 3.25 bits per heavy atom. The molecule has 0 aliphatic carbocycles. The maximum Gasteiger partial charge on any atom is 0.180 e. The van der Waals surface area contributed by atoms with Crippen LogP contribution in [-0.4, -0.2) is 20.4 Å². The smallest absolute Gasteiger partial charge is 0.180 e. The molecule has 0 spiro atoms. The van der Waals surface area contributed by atoms with Crippen LogP contribution in [-0.2, 0) is 0 Å². The summed E-state index contributed by atoms with van der Waals surface area (Å²) in [6.07, 6.45) is 8.31. The van der Waals surface area contributed by atoms with Crippen LogP contribution in [0.3, 0.4) is 0 Å². The van der Waals surface area contributed by atoms with Crippen LogP contribution in [0.15, 0.2) is 35.8 Å². The van der Waals surface area contributed by atoms with E-state index in [0.29, 0.717) is 6.04 Å². The Morgan fingerprint density at radius 2 is 2.50 bits per heavy atom. The van der Waals surface area contributed by atoms with Crippen molar-refractivity contribution in [2.75, 3.05) is 5.32 Å². The second-order valence-corrected chi connectivity index (χ2v) is 4.45. The van der Waals surface area contributed by atoms with Crippen molar-refractivity contribution >= 4 is 27.4 Å². The van der Waals surface area contributed by atoms with E-state index in [1.807, 2.05) is 22.9 Å². The maximum atomic E-state index is 4.38. The van der Waals surface area contributed by atoms with Crippen molar-refractivity contribution < 1.29 is 0 Å². The minimum absolute atomic E-state index is 0.291. The molecule has 1 N–H and O–H groups in total. The van der Waals surface area contributed by atoms with E-state index in [1.54, 1.807) is 6.20 Å². The highest BCUT2D eigenvalue weighted by Gasteiger charge is 2.08. The zero-order valence-electron chi connectivity index (χ0n) is 9.02. The summed E-state index contributed by atoms with van der Waals surface area (Å²) in [6, 6.07) is 0.291. The number of nitrogens with zero attached hydrogens (tertiary/aromatic N) is 3. The number of imidazole rings is 1. The van der Waals surface area contributed by atoms with Crippen molar-refractivity contribution in [2.24, 2.45) is 0 Å². The number of fused-ring (bicyclic) bond motifs is 1. The molecule has 2 heterocycles. The summed E-state index contributed by atoms with van der Waals surface area (Å²) in [5, 5.41) is 3.32. The lowest BCUT2D eigenvalue weighted by Crippen LogP contribution is -2.15. The van der Waals surface area contributed by atoms with Gasteiger partial charge in [0.1, 0.15) is 4.60 Å². The molecule has 0 amide bonds. The molecule has 2 rings (SSSR count). The van der Waals surface area contributed by atoms with Gasteiger partial charge in [-0.1, -0.05) is 6.08 Å². The molecular weight excluding hydrogens is 268 g/mol. The van der Waals surface area contributed by atoms with E-state index in [-0.39, 0.29) is 0 Å². The molecule has 84 valence electrons. The van der Waals surface area contributed by atoms with Crippen LogP contribution in [0.2, 0.25) is 0 Å². The van der Waals surface area contributed by atoms with E-state index >= 15 is 0 Å². The first-order valence-corrected chi connectivity index (χ1v) is 5.86. The lowest BCUT2D eigenvalue weighted by molar-refractivity contribution is 0.806. The first-order valence-electron chi connectivity index (χ1n) is 5.07. The van der Waals surface area contributed by atoms with Crippen LogP contribution in [0.25, 0.3) is 5.65 Å². The second-order valence-electron chi connectivity index (χ2n) is 3.64. The van der Waals surface area contributed by atoms with Crippen LogP contribution in [0.1, 0.15) is 13.3 Å². The molecule has 0 fully saturated rings. The fourth-order valence-corrected chi connectivity index (χ4v) is 1.94. The van der Waals surface area contributed by atoms with E-state index in [0.717, 1.165) is 22.5 Å². The Balaban J connectivity index is 2.35. The molecule has 0 aliphatic heterocycles. The summed E-state index contributed by atoms with van der Waals surface area (Å²) in [7, 11) is 0. The molecule has 0 bridgehead atoms. The van der Waals surface area contributed by atoms with Gasteiger partial charge in [0.15, 0.2) is 11.5 Å². The van der Waals surface area contributed by atoms with Gasteiger partial charge in [0.05, 0.1) is 0 Å². The van der Waals surface area contributed by atoms with Gasteiger partial charge in [0, 0.05) is 24.6 Å². The highest BCUT2D eigenvalue weighted by molar-refractivity contribution is 9.10. The average Bonchev–Trinajstić information content (AvgIpc) is 2.65. The Kier molecular flexibility index (Phi) is 3.24. The van der Waals surface area contributed by atoms with Gasteiger partial charge in [-0.2, -0.15) is 0 Å². The summed E-state index contributed by atoms with van der Waals surface area (Å²) in [5.41, 5.74) is 0.833. The summed E-state index contributed by atoms with van der Waals surface area (Å²) in [6.45, 7) is 5.81. The molecule has 0 aromatic carbocycles. The maximum absolute atomic E-state index is 4.38. The lowest BCUT2D eigenvalue weighted by Gasteiger charge is -2.13. The number of aromatic nitrogens is 3. The Morgan fingerprint density at radius 1 is 1.69 bits per heavy atom. The topological polar surface area (TPSA) is 42.2 Å². The van der Waals surface area contributed by atoms with Crippen LogP contribution in [0.4, 0.5) is 5.82 Å². The molecule has 16 heavy (non-hydrogen) atoms. The molecule has 4 nitrogen and oxygen atoms in total. The average molecular weight is 281 g/mol. The molecule has 0 radical (unpaired) electrons. The monoisotopic (exact) mass is 280 g/mol. The van der Waals surface area contributed by atoms with Gasteiger partial charge in [-0.15, -0.1) is 6.58 Å². The Labute approximate surface area is 103 Å². The third kappa shape index (κ3) is 2.24. The third-order valence-corrected chi connectivity index (χ3v) is 2.63. The number of nitrogens with one attached hydrogen (secondary N) is 1. The van der Waals surface area contributed by atoms with Crippen molar-refractivity contribution in [3.8, 4) is 0 Å². The van der Waals surface area contributed by atoms with Crippen molar-refractivity contribution in [1.82, 2.24) is 14.4 Å². The normalized spacial score (nSPS) is 12.6.